The zero-order chi connectivity index (χ0) is 17.0. The van der Waals surface area contributed by atoms with Crippen molar-refractivity contribution in [1.29, 1.82) is 0 Å². The molecule has 1 aromatic carbocycles. The fraction of sp³-hybridized carbons (Fsp3) is 0.353. The van der Waals surface area contributed by atoms with Gasteiger partial charge in [0.1, 0.15) is 17.6 Å². The van der Waals surface area contributed by atoms with Gasteiger partial charge in [-0.05, 0) is 32.0 Å². The number of hydrogen-bond donors (Lipinski definition) is 0. The first kappa shape index (κ1) is 16.7. The lowest BCUT2D eigenvalue weighted by Gasteiger charge is -2.20. The molecule has 122 valence electrons. The SMILES string of the molecule is CCN(CC)c1ccc2cc(C(=O)CC(=O)OC)c(=O)oc2c1. The van der Waals surface area contributed by atoms with Crippen LogP contribution in [0.4, 0.5) is 5.69 Å². The van der Waals surface area contributed by atoms with E-state index in [9.17, 15) is 14.4 Å². The highest BCUT2D eigenvalue weighted by atomic mass is 16.5. The van der Waals surface area contributed by atoms with E-state index in [1.165, 1.54) is 13.2 Å². The summed E-state index contributed by atoms with van der Waals surface area (Å²) >= 11 is 0. The van der Waals surface area contributed by atoms with Gasteiger partial charge in [0.25, 0.3) is 0 Å². The number of benzene rings is 1. The molecule has 0 aliphatic rings. The predicted molar refractivity (Wildman–Crippen MR) is 87.0 cm³/mol. The highest BCUT2D eigenvalue weighted by Crippen LogP contribution is 2.22. The van der Waals surface area contributed by atoms with E-state index in [1.54, 1.807) is 12.1 Å². The van der Waals surface area contributed by atoms with E-state index in [2.05, 4.69) is 9.64 Å². The van der Waals surface area contributed by atoms with Crippen molar-refractivity contribution >= 4 is 28.4 Å². The Balaban J connectivity index is 2.43. The van der Waals surface area contributed by atoms with Gasteiger partial charge in [0.2, 0.25) is 0 Å². The summed E-state index contributed by atoms with van der Waals surface area (Å²) in [5.41, 5.74) is 0.467. The van der Waals surface area contributed by atoms with Crippen LogP contribution >= 0.6 is 0 Å². The molecule has 0 amide bonds. The third-order valence-corrected chi connectivity index (χ3v) is 3.68. The standard InChI is InChI=1S/C17H19NO5/c1-4-18(5-2)12-7-6-11-8-13(14(19)10-16(20)22-3)17(21)23-15(11)9-12/h6-9H,4-5,10H2,1-3H3. The molecule has 2 rings (SSSR count). The minimum atomic E-state index is -0.747. The number of esters is 1. The van der Waals surface area contributed by atoms with Crippen LogP contribution in [0.3, 0.4) is 0 Å². The van der Waals surface area contributed by atoms with Gasteiger partial charge in [0.05, 0.1) is 7.11 Å². The van der Waals surface area contributed by atoms with Gasteiger partial charge in [-0.25, -0.2) is 4.79 Å². The van der Waals surface area contributed by atoms with E-state index < -0.39 is 23.8 Å². The lowest BCUT2D eigenvalue weighted by atomic mass is 10.1. The molecule has 0 radical (unpaired) electrons. The Kier molecular flexibility index (Phi) is 5.16. The number of hydrogen-bond acceptors (Lipinski definition) is 6. The van der Waals surface area contributed by atoms with Crippen LogP contribution in [0.15, 0.2) is 33.5 Å². The first-order valence-corrected chi connectivity index (χ1v) is 7.43. The summed E-state index contributed by atoms with van der Waals surface area (Å²) < 4.78 is 9.69. The number of anilines is 1. The summed E-state index contributed by atoms with van der Waals surface area (Å²) in [6.07, 6.45) is -0.482. The summed E-state index contributed by atoms with van der Waals surface area (Å²) in [5, 5.41) is 0.633. The molecule has 0 fully saturated rings. The van der Waals surface area contributed by atoms with Gasteiger partial charge in [-0.2, -0.15) is 0 Å². The van der Waals surface area contributed by atoms with Gasteiger partial charge in [0.15, 0.2) is 5.78 Å². The summed E-state index contributed by atoms with van der Waals surface area (Å²) in [4.78, 5) is 37.3. The Labute approximate surface area is 133 Å². The van der Waals surface area contributed by atoms with Crippen molar-refractivity contribution in [3.8, 4) is 0 Å². The Morgan fingerprint density at radius 3 is 2.48 bits per heavy atom. The molecule has 2 aromatic rings. The molecule has 0 atom stereocenters. The monoisotopic (exact) mass is 317 g/mol. The molecule has 0 saturated carbocycles. The summed E-state index contributed by atoms with van der Waals surface area (Å²) in [6.45, 7) is 5.75. The van der Waals surface area contributed by atoms with Crippen LogP contribution < -0.4 is 10.5 Å². The fourth-order valence-electron chi connectivity index (χ4n) is 2.38. The number of fused-ring (bicyclic) bond motifs is 1. The molecule has 1 aromatic heterocycles. The Morgan fingerprint density at radius 1 is 1.17 bits per heavy atom. The van der Waals surface area contributed by atoms with Crippen molar-refractivity contribution in [3.63, 3.8) is 0 Å². The van der Waals surface area contributed by atoms with Crippen LogP contribution in [0, 0.1) is 0 Å². The number of carbonyl (C=O) groups is 2. The van der Waals surface area contributed by atoms with E-state index in [4.69, 9.17) is 4.42 Å². The van der Waals surface area contributed by atoms with Crippen molar-refractivity contribution in [1.82, 2.24) is 0 Å². The summed E-state index contributed by atoms with van der Waals surface area (Å²) in [6, 6.07) is 6.93. The third-order valence-electron chi connectivity index (χ3n) is 3.68. The zero-order valence-electron chi connectivity index (χ0n) is 13.4. The van der Waals surface area contributed by atoms with Crippen molar-refractivity contribution in [3.05, 3.63) is 40.2 Å². The van der Waals surface area contributed by atoms with Crippen LogP contribution in [-0.2, 0) is 9.53 Å². The van der Waals surface area contributed by atoms with Crippen LogP contribution in [0.2, 0.25) is 0 Å². The van der Waals surface area contributed by atoms with Crippen LogP contribution in [0.5, 0.6) is 0 Å². The maximum absolute atomic E-state index is 12.0. The van der Waals surface area contributed by atoms with Crippen LogP contribution in [0.1, 0.15) is 30.6 Å². The highest BCUT2D eigenvalue weighted by molar-refractivity contribution is 6.06. The number of rotatable bonds is 6. The van der Waals surface area contributed by atoms with Gasteiger partial charge >= 0.3 is 11.6 Å². The number of Topliss-reactive ketones (excluding diaryl/α,β-unsaturated/α-hetero) is 1. The van der Waals surface area contributed by atoms with Gasteiger partial charge < -0.3 is 14.1 Å². The average molecular weight is 317 g/mol. The normalized spacial score (nSPS) is 10.6. The predicted octanol–water partition coefficient (Wildman–Crippen LogP) is 2.39. The number of nitrogens with zero attached hydrogens (tertiary/aromatic N) is 1. The first-order valence-electron chi connectivity index (χ1n) is 7.43. The van der Waals surface area contributed by atoms with Gasteiger partial charge in [0, 0.05) is 30.2 Å². The molecule has 0 N–H and O–H groups in total. The summed E-state index contributed by atoms with van der Waals surface area (Å²) in [7, 11) is 1.19. The average Bonchev–Trinajstić information content (AvgIpc) is 2.54. The number of ether oxygens (including phenoxy) is 1. The summed E-state index contributed by atoms with van der Waals surface area (Å²) in [5.74, 6) is -1.30. The Bertz CT molecular complexity index is 789. The molecule has 0 spiro atoms. The molecule has 0 bridgehead atoms. The Hall–Kier alpha value is -2.63. The van der Waals surface area contributed by atoms with Crippen LogP contribution in [0.25, 0.3) is 11.0 Å². The van der Waals surface area contributed by atoms with Crippen molar-refractivity contribution in [2.24, 2.45) is 0 Å². The molecule has 23 heavy (non-hydrogen) atoms. The maximum Gasteiger partial charge on any atom is 0.347 e. The van der Waals surface area contributed by atoms with E-state index >= 15 is 0 Å². The molecule has 1 heterocycles. The molecular weight excluding hydrogens is 298 g/mol. The smallest absolute Gasteiger partial charge is 0.347 e. The molecule has 0 unspecified atom stereocenters. The number of carbonyl (C=O) groups excluding carboxylic acids is 2. The number of ketones is 1. The van der Waals surface area contributed by atoms with Crippen molar-refractivity contribution in [2.75, 3.05) is 25.1 Å². The molecule has 0 aliphatic heterocycles. The second-order valence-electron chi connectivity index (χ2n) is 5.02. The number of methoxy groups -OCH3 is 1. The second kappa shape index (κ2) is 7.09. The fourth-order valence-corrected chi connectivity index (χ4v) is 2.38. The molecule has 0 saturated heterocycles. The zero-order valence-corrected chi connectivity index (χ0v) is 13.4. The highest BCUT2D eigenvalue weighted by Gasteiger charge is 2.18. The van der Waals surface area contributed by atoms with Crippen LogP contribution in [-0.4, -0.2) is 32.0 Å². The molecular formula is C17H19NO5. The van der Waals surface area contributed by atoms with E-state index in [0.29, 0.717) is 11.0 Å². The largest absolute Gasteiger partial charge is 0.469 e. The van der Waals surface area contributed by atoms with E-state index in [-0.39, 0.29) is 5.56 Å². The van der Waals surface area contributed by atoms with E-state index in [1.807, 2.05) is 19.9 Å². The van der Waals surface area contributed by atoms with Gasteiger partial charge in [-0.3, -0.25) is 9.59 Å². The second-order valence-corrected chi connectivity index (χ2v) is 5.02. The maximum atomic E-state index is 12.0. The van der Waals surface area contributed by atoms with Crippen molar-refractivity contribution in [2.45, 2.75) is 20.3 Å². The molecule has 6 heteroatoms. The van der Waals surface area contributed by atoms with Crippen molar-refractivity contribution < 1.29 is 18.7 Å². The molecule has 6 nitrogen and oxygen atoms in total. The minimum absolute atomic E-state index is 0.140. The first-order chi connectivity index (χ1) is 11.0. The lowest BCUT2D eigenvalue weighted by Crippen LogP contribution is -2.21. The van der Waals surface area contributed by atoms with Gasteiger partial charge in [-0.1, -0.05) is 0 Å². The topological polar surface area (TPSA) is 76.8 Å². The quantitative estimate of drug-likeness (QED) is 0.352. The lowest BCUT2D eigenvalue weighted by molar-refractivity contribution is -0.139. The minimum Gasteiger partial charge on any atom is -0.469 e. The third kappa shape index (κ3) is 3.59. The molecule has 0 aliphatic carbocycles. The van der Waals surface area contributed by atoms with Gasteiger partial charge in [-0.15, -0.1) is 0 Å². The Morgan fingerprint density at radius 2 is 1.87 bits per heavy atom. The van der Waals surface area contributed by atoms with E-state index in [0.717, 1.165) is 18.8 Å².